The zero-order chi connectivity index (χ0) is 15.8. The Hall–Kier alpha value is -1.31. The summed E-state index contributed by atoms with van der Waals surface area (Å²) in [6, 6.07) is 7.15. The highest BCUT2D eigenvalue weighted by atomic mass is 127. The molecule has 5 nitrogen and oxygen atoms in total. The third-order valence-corrected chi connectivity index (χ3v) is 3.64. The number of anilines is 1. The van der Waals surface area contributed by atoms with Crippen LogP contribution in [0.25, 0.3) is 0 Å². The molecule has 0 aromatic heterocycles. The Balaban J connectivity index is 2.44. The first kappa shape index (κ1) is 17.7. The van der Waals surface area contributed by atoms with Crippen molar-refractivity contribution in [2.24, 2.45) is 11.8 Å². The third kappa shape index (κ3) is 7.89. The summed E-state index contributed by atoms with van der Waals surface area (Å²) < 4.78 is 1.09. The quantitative estimate of drug-likeness (QED) is 0.609. The molecule has 0 saturated heterocycles. The predicted molar refractivity (Wildman–Crippen MR) is 91.4 cm³/mol. The molecule has 1 aromatic rings. The van der Waals surface area contributed by atoms with Crippen LogP contribution in [-0.2, 0) is 4.79 Å². The SMILES string of the molecule is CC(C)CC(CNC(=O)Nc1ccc(I)cc1)CC(=O)O. The van der Waals surface area contributed by atoms with Gasteiger partial charge >= 0.3 is 12.0 Å². The Morgan fingerprint density at radius 3 is 2.38 bits per heavy atom. The fourth-order valence-corrected chi connectivity index (χ4v) is 2.46. The second kappa shape index (κ2) is 8.86. The highest BCUT2D eigenvalue weighted by Gasteiger charge is 2.16. The number of carbonyl (C=O) groups excluding carboxylic acids is 1. The van der Waals surface area contributed by atoms with Crippen LogP contribution >= 0.6 is 22.6 Å². The number of nitrogens with one attached hydrogen (secondary N) is 2. The third-order valence-electron chi connectivity index (χ3n) is 2.92. The van der Waals surface area contributed by atoms with E-state index in [0.29, 0.717) is 18.2 Å². The minimum Gasteiger partial charge on any atom is -0.481 e. The molecule has 0 saturated carbocycles. The molecule has 6 heteroatoms. The van der Waals surface area contributed by atoms with Gasteiger partial charge in [-0.2, -0.15) is 0 Å². The van der Waals surface area contributed by atoms with Crippen LogP contribution in [0.15, 0.2) is 24.3 Å². The number of hydrogen-bond acceptors (Lipinski definition) is 2. The monoisotopic (exact) mass is 404 g/mol. The maximum absolute atomic E-state index is 11.8. The zero-order valence-electron chi connectivity index (χ0n) is 12.2. The van der Waals surface area contributed by atoms with Gasteiger partial charge in [0.2, 0.25) is 0 Å². The summed E-state index contributed by atoms with van der Waals surface area (Å²) in [5, 5.41) is 14.4. The summed E-state index contributed by atoms with van der Waals surface area (Å²) in [5.41, 5.74) is 0.714. The Kier molecular flexibility index (Phi) is 7.49. The minimum absolute atomic E-state index is 0.0510. The Morgan fingerprint density at radius 1 is 1.24 bits per heavy atom. The molecule has 0 bridgehead atoms. The maximum Gasteiger partial charge on any atom is 0.319 e. The van der Waals surface area contributed by atoms with Gasteiger partial charge in [-0.1, -0.05) is 13.8 Å². The van der Waals surface area contributed by atoms with Gasteiger partial charge in [-0.25, -0.2) is 4.79 Å². The minimum atomic E-state index is -0.833. The molecule has 0 aliphatic carbocycles. The van der Waals surface area contributed by atoms with Crippen LogP contribution < -0.4 is 10.6 Å². The number of aliphatic carboxylic acids is 1. The summed E-state index contributed by atoms with van der Waals surface area (Å²) >= 11 is 2.19. The van der Waals surface area contributed by atoms with Crippen LogP contribution in [0.5, 0.6) is 0 Å². The number of rotatable bonds is 7. The molecule has 0 aliphatic rings. The van der Waals surface area contributed by atoms with E-state index in [2.05, 4.69) is 33.2 Å². The molecular formula is C15H21IN2O3. The molecule has 0 aliphatic heterocycles. The molecule has 0 heterocycles. The molecule has 1 rings (SSSR count). The van der Waals surface area contributed by atoms with E-state index >= 15 is 0 Å². The van der Waals surface area contributed by atoms with Crippen LogP contribution in [0.2, 0.25) is 0 Å². The lowest BCUT2D eigenvalue weighted by molar-refractivity contribution is -0.138. The normalized spacial score (nSPS) is 12.0. The average Bonchev–Trinajstić information content (AvgIpc) is 2.37. The topological polar surface area (TPSA) is 78.4 Å². The molecular weight excluding hydrogens is 383 g/mol. The Bertz CT molecular complexity index is 474. The first-order chi connectivity index (χ1) is 9.86. The first-order valence-electron chi connectivity index (χ1n) is 6.89. The molecule has 0 fully saturated rings. The van der Waals surface area contributed by atoms with E-state index in [4.69, 9.17) is 5.11 Å². The number of urea groups is 1. The second-order valence-corrected chi connectivity index (χ2v) is 6.68. The van der Waals surface area contributed by atoms with Gasteiger partial charge in [0.15, 0.2) is 0 Å². The van der Waals surface area contributed by atoms with E-state index in [1.165, 1.54) is 0 Å². The van der Waals surface area contributed by atoms with Crippen LogP contribution in [0, 0.1) is 15.4 Å². The van der Waals surface area contributed by atoms with Crippen molar-refractivity contribution in [2.45, 2.75) is 26.7 Å². The maximum atomic E-state index is 11.8. The molecule has 0 spiro atoms. The van der Waals surface area contributed by atoms with E-state index in [1.54, 1.807) is 0 Å². The van der Waals surface area contributed by atoms with E-state index in [9.17, 15) is 9.59 Å². The van der Waals surface area contributed by atoms with E-state index in [1.807, 2.05) is 38.1 Å². The van der Waals surface area contributed by atoms with Gasteiger partial charge in [-0.15, -0.1) is 0 Å². The number of benzene rings is 1. The number of amides is 2. The van der Waals surface area contributed by atoms with Gasteiger partial charge in [0.1, 0.15) is 0 Å². The van der Waals surface area contributed by atoms with E-state index < -0.39 is 5.97 Å². The van der Waals surface area contributed by atoms with Gasteiger partial charge in [-0.3, -0.25) is 4.79 Å². The van der Waals surface area contributed by atoms with Crippen molar-refractivity contribution in [3.05, 3.63) is 27.8 Å². The zero-order valence-corrected chi connectivity index (χ0v) is 14.4. The first-order valence-corrected chi connectivity index (χ1v) is 7.97. The van der Waals surface area contributed by atoms with Crippen molar-refractivity contribution in [2.75, 3.05) is 11.9 Å². The number of carboxylic acids is 1. The molecule has 21 heavy (non-hydrogen) atoms. The number of carbonyl (C=O) groups is 2. The molecule has 1 aromatic carbocycles. The van der Waals surface area contributed by atoms with Crippen LogP contribution in [0.4, 0.5) is 10.5 Å². The number of hydrogen-bond donors (Lipinski definition) is 3. The van der Waals surface area contributed by atoms with Crippen molar-refractivity contribution in [3.8, 4) is 0 Å². The van der Waals surface area contributed by atoms with Crippen molar-refractivity contribution < 1.29 is 14.7 Å². The molecule has 1 unspecified atom stereocenters. The summed E-state index contributed by atoms with van der Waals surface area (Å²) in [7, 11) is 0. The Labute approximate surface area is 138 Å². The van der Waals surface area contributed by atoms with Crippen LogP contribution in [0.3, 0.4) is 0 Å². The van der Waals surface area contributed by atoms with Gasteiger partial charge in [0.05, 0.1) is 0 Å². The van der Waals surface area contributed by atoms with Gasteiger partial charge < -0.3 is 15.7 Å². The second-order valence-electron chi connectivity index (χ2n) is 5.44. The van der Waals surface area contributed by atoms with Gasteiger partial charge in [0.25, 0.3) is 0 Å². The highest BCUT2D eigenvalue weighted by Crippen LogP contribution is 2.15. The fourth-order valence-electron chi connectivity index (χ4n) is 2.10. The summed E-state index contributed by atoms with van der Waals surface area (Å²) in [6.45, 7) is 4.45. The fraction of sp³-hybridized carbons (Fsp3) is 0.467. The lowest BCUT2D eigenvalue weighted by Crippen LogP contribution is -2.34. The van der Waals surface area contributed by atoms with Crippen molar-refractivity contribution >= 4 is 40.3 Å². The number of halogens is 1. The molecule has 0 radical (unpaired) electrons. The van der Waals surface area contributed by atoms with Crippen molar-refractivity contribution in [1.82, 2.24) is 5.32 Å². The van der Waals surface area contributed by atoms with E-state index in [-0.39, 0.29) is 18.4 Å². The van der Waals surface area contributed by atoms with E-state index in [0.717, 1.165) is 9.99 Å². The molecule has 1 atom stereocenters. The van der Waals surface area contributed by atoms with Crippen molar-refractivity contribution in [1.29, 1.82) is 0 Å². The summed E-state index contributed by atoms with van der Waals surface area (Å²) in [6.07, 6.45) is 0.845. The van der Waals surface area contributed by atoms with Gasteiger partial charge in [0, 0.05) is 22.2 Å². The van der Waals surface area contributed by atoms with Gasteiger partial charge in [-0.05, 0) is 65.1 Å². The average molecular weight is 404 g/mol. The largest absolute Gasteiger partial charge is 0.481 e. The lowest BCUT2D eigenvalue weighted by Gasteiger charge is -2.18. The van der Waals surface area contributed by atoms with Crippen LogP contribution in [-0.4, -0.2) is 23.7 Å². The summed E-state index contributed by atoms with van der Waals surface area (Å²) in [5.74, 6) is -0.485. The molecule has 2 amide bonds. The molecule has 116 valence electrons. The smallest absolute Gasteiger partial charge is 0.319 e. The summed E-state index contributed by atoms with van der Waals surface area (Å²) in [4.78, 5) is 22.6. The predicted octanol–water partition coefficient (Wildman–Crippen LogP) is 3.55. The van der Waals surface area contributed by atoms with Crippen molar-refractivity contribution in [3.63, 3.8) is 0 Å². The van der Waals surface area contributed by atoms with Crippen LogP contribution in [0.1, 0.15) is 26.7 Å². The highest BCUT2D eigenvalue weighted by molar-refractivity contribution is 14.1. The Morgan fingerprint density at radius 2 is 1.86 bits per heavy atom. The molecule has 3 N–H and O–H groups in total. The number of carboxylic acid groups (broad SMARTS) is 1. The lowest BCUT2D eigenvalue weighted by atomic mass is 9.94. The standard InChI is InChI=1S/C15H21IN2O3/c1-10(2)7-11(8-14(19)20)9-17-15(21)18-13-5-3-12(16)4-6-13/h3-6,10-11H,7-9H2,1-2H3,(H,19,20)(H2,17,18,21).